The zero-order chi connectivity index (χ0) is 16.7. The summed E-state index contributed by atoms with van der Waals surface area (Å²) in [6.45, 7) is 0. The van der Waals surface area contributed by atoms with Gasteiger partial charge in [0.05, 0.1) is 16.6 Å². The molecule has 5 nitrogen and oxygen atoms in total. The van der Waals surface area contributed by atoms with Crippen LogP contribution in [0, 0.1) is 0 Å². The molecule has 4 aromatic rings. The SMILES string of the molecule is O=C(O)c1cccc2cccc(C(=O)n3cnc4ccccc43)c12. The fourth-order valence-corrected chi connectivity index (χ4v) is 2.95. The van der Waals surface area contributed by atoms with E-state index in [2.05, 4.69) is 4.98 Å². The van der Waals surface area contributed by atoms with Crippen molar-refractivity contribution in [2.24, 2.45) is 0 Å². The Hall–Kier alpha value is -3.47. The number of imidazole rings is 1. The standard InChI is InChI=1S/C19H12N2O3/c22-18(21-11-20-15-9-1-2-10-16(15)21)13-7-3-5-12-6-4-8-14(17(12)13)19(23)24/h1-11H,(H,23,24). The summed E-state index contributed by atoms with van der Waals surface area (Å²) in [7, 11) is 0. The first-order valence-electron chi connectivity index (χ1n) is 7.38. The van der Waals surface area contributed by atoms with Gasteiger partial charge in [-0.05, 0) is 29.7 Å². The van der Waals surface area contributed by atoms with E-state index in [-0.39, 0.29) is 11.5 Å². The van der Waals surface area contributed by atoms with Crippen LogP contribution in [0.1, 0.15) is 20.7 Å². The summed E-state index contributed by atoms with van der Waals surface area (Å²) >= 11 is 0. The number of benzene rings is 3. The minimum Gasteiger partial charge on any atom is -0.478 e. The molecule has 0 unspecified atom stereocenters. The van der Waals surface area contributed by atoms with E-state index in [4.69, 9.17) is 0 Å². The molecule has 0 bridgehead atoms. The van der Waals surface area contributed by atoms with Crippen molar-refractivity contribution in [2.45, 2.75) is 0 Å². The normalized spacial score (nSPS) is 11.0. The first-order chi connectivity index (χ1) is 11.7. The van der Waals surface area contributed by atoms with Gasteiger partial charge in [-0.1, -0.05) is 36.4 Å². The Balaban J connectivity index is 1.99. The summed E-state index contributed by atoms with van der Waals surface area (Å²) < 4.78 is 1.45. The number of carboxylic acid groups (broad SMARTS) is 1. The number of aromatic nitrogens is 2. The average Bonchev–Trinajstić information content (AvgIpc) is 3.04. The van der Waals surface area contributed by atoms with E-state index in [1.807, 2.05) is 24.3 Å². The molecule has 0 spiro atoms. The Kier molecular flexibility index (Phi) is 3.13. The monoisotopic (exact) mass is 316 g/mol. The van der Waals surface area contributed by atoms with E-state index in [9.17, 15) is 14.7 Å². The fraction of sp³-hybridized carbons (Fsp3) is 0. The molecule has 0 aliphatic heterocycles. The summed E-state index contributed by atoms with van der Waals surface area (Å²) in [6.07, 6.45) is 1.47. The Morgan fingerprint density at radius 3 is 2.33 bits per heavy atom. The fourth-order valence-electron chi connectivity index (χ4n) is 2.95. The van der Waals surface area contributed by atoms with Gasteiger partial charge >= 0.3 is 5.97 Å². The molecule has 0 aliphatic carbocycles. The molecule has 0 saturated carbocycles. The summed E-state index contributed by atoms with van der Waals surface area (Å²) in [5.41, 5.74) is 1.85. The largest absolute Gasteiger partial charge is 0.478 e. The number of nitrogens with zero attached hydrogens (tertiary/aromatic N) is 2. The number of fused-ring (bicyclic) bond motifs is 2. The molecule has 0 aliphatic rings. The van der Waals surface area contributed by atoms with Crippen molar-refractivity contribution >= 4 is 33.7 Å². The molecule has 3 aromatic carbocycles. The summed E-state index contributed by atoms with van der Waals surface area (Å²) in [5, 5.41) is 10.6. The Bertz CT molecular complexity index is 1110. The van der Waals surface area contributed by atoms with Crippen LogP contribution >= 0.6 is 0 Å². The van der Waals surface area contributed by atoms with Crippen molar-refractivity contribution in [2.75, 3.05) is 0 Å². The molecule has 0 amide bonds. The van der Waals surface area contributed by atoms with Crippen LogP contribution in [0.25, 0.3) is 21.8 Å². The third-order valence-corrected chi connectivity index (χ3v) is 4.04. The van der Waals surface area contributed by atoms with Crippen LogP contribution in [0.2, 0.25) is 0 Å². The van der Waals surface area contributed by atoms with Gasteiger partial charge in [-0.3, -0.25) is 9.36 Å². The first kappa shape index (κ1) is 14.1. The van der Waals surface area contributed by atoms with Gasteiger partial charge in [0.15, 0.2) is 0 Å². The lowest BCUT2D eigenvalue weighted by Crippen LogP contribution is -2.12. The van der Waals surface area contributed by atoms with Crippen molar-refractivity contribution in [3.05, 3.63) is 78.1 Å². The minimum atomic E-state index is -1.06. The van der Waals surface area contributed by atoms with E-state index in [0.717, 1.165) is 0 Å². The highest BCUT2D eigenvalue weighted by molar-refractivity contribution is 6.15. The van der Waals surface area contributed by atoms with Gasteiger partial charge in [-0.2, -0.15) is 0 Å². The van der Waals surface area contributed by atoms with Crippen LogP contribution in [0.4, 0.5) is 0 Å². The number of para-hydroxylation sites is 2. The number of carbonyl (C=O) groups is 2. The predicted molar refractivity (Wildman–Crippen MR) is 90.4 cm³/mol. The van der Waals surface area contributed by atoms with Gasteiger partial charge in [0.25, 0.3) is 5.91 Å². The number of rotatable bonds is 2. The number of aromatic carboxylic acids is 1. The number of carboxylic acids is 1. The quantitative estimate of drug-likeness (QED) is 0.613. The van der Waals surface area contributed by atoms with Gasteiger partial charge in [-0.15, -0.1) is 0 Å². The Labute approximate surface area is 136 Å². The molecular formula is C19H12N2O3. The van der Waals surface area contributed by atoms with E-state index in [1.54, 1.807) is 30.3 Å². The minimum absolute atomic E-state index is 0.112. The highest BCUT2D eigenvalue weighted by atomic mass is 16.4. The van der Waals surface area contributed by atoms with Crippen molar-refractivity contribution in [3.8, 4) is 0 Å². The lowest BCUT2D eigenvalue weighted by atomic mass is 9.98. The van der Waals surface area contributed by atoms with Gasteiger partial charge in [0.1, 0.15) is 6.33 Å². The molecule has 0 atom stereocenters. The van der Waals surface area contributed by atoms with Gasteiger partial charge in [0, 0.05) is 10.9 Å². The Morgan fingerprint density at radius 1 is 0.875 bits per heavy atom. The second-order valence-electron chi connectivity index (χ2n) is 5.42. The average molecular weight is 316 g/mol. The van der Waals surface area contributed by atoms with Crippen LogP contribution in [-0.2, 0) is 0 Å². The number of hydrogen-bond donors (Lipinski definition) is 1. The predicted octanol–water partition coefficient (Wildman–Crippen LogP) is 3.58. The summed E-state index contributed by atoms with van der Waals surface area (Å²) in [5.74, 6) is -1.36. The van der Waals surface area contributed by atoms with Crippen LogP contribution in [0.5, 0.6) is 0 Å². The lowest BCUT2D eigenvalue weighted by Gasteiger charge is -2.09. The maximum absolute atomic E-state index is 13.0. The van der Waals surface area contributed by atoms with Crippen molar-refractivity contribution in [1.82, 2.24) is 9.55 Å². The molecule has 0 saturated heterocycles. The van der Waals surface area contributed by atoms with Crippen molar-refractivity contribution < 1.29 is 14.7 Å². The second kappa shape index (κ2) is 5.31. The van der Waals surface area contributed by atoms with E-state index in [0.29, 0.717) is 27.4 Å². The van der Waals surface area contributed by atoms with E-state index >= 15 is 0 Å². The van der Waals surface area contributed by atoms with Gasteiger partial charge in [-0.25, -0.2) is 9.78 Å². The molecule has 116 valence electrons. The maximum atomic E-state index is 13.0. The maximum Gasteiger partial charge on any atom is 0.336 e. The molecule has 0 fully saturated rings. The summed E-state index contributed by atoms with van der Waals surface area (Å²) in [4.78, 5) is 28.8. The molecule has 1 heterocycles. The van der Waals surface area contributed by atoms with E-state index < -0.39 is 5.97 Å². The highest BCUT2D eigenvalue weighted by Crippen LogP contribution is 2.25. The van der Waals surface area contributed by atoms with Crippen LogP contribution in [0.3, 0.4) is 0 Å². The first-order valence-corrected chi connectivity index (χ1v) is 7.38. The zero-order valence-corrected chi connectivity index (χ0v) is 12.5. The second-order valence-corrected chi connectivity index (χ2v) is 5.42. The molecule has 0 radical (unpaired) electrons. The van der Waals surface area contributed by atoms with Gasteiger partial charge in [0.2, 0.25) is 0 Å². The molecule has 1 N–H and O–H groups in total. The Morgan fingerprint density at radius 2 is 1.58 bits per heavy atom. The third-order valence-electron chi connectivity index (χ3n) is 4.04. The zero-order valence-electron chi connectivity index (χ0n) is 12.5. The lowest BCUT2D eigenvalue weighted by molar-refractivity contribution is 0.0699. The van der Waals surface area contributed by atoms with E-state index in [1.165, 1.54) is 17.0 Å². The molecule has 24 heavy (non-hydrogen) atoms. The molecule has 5 heteroatoms. The van der Waals surface area contributed by atoms with Crippen LogP contribution in [0.15, 0.2) is 67.0 Å². The van der Waals surface area contributed by atoms with Crippen molar-refractivity contribution in [3.63, 3.8) is 0 Å². The molecule has 1 aromatic heterocycles. The third kappa shape index (κ3) is 2.06. The smallest absolute Gasteiger partial charge is 0.336 e. The number of carbonyl (C=O) groups excluding carboxylic acids is 1. The van der Waals surface area contributed by atoms with Crippen molar-refractivity contribution in [1.29, 1.82) is 0 Å². The number of hydrogen-bond acceptors (Lipinski definition) is 3. The van der Waals surface area contributed by atoms with Crippen LogP contribution in [-0.4, -0.2) is 26.5 Å². The van der Waals surface area contributed by atoms with Gasteiger partial charge < -0.3 is 5.11 Å². The topological polar surface area (TPSA) is 72.2 Å². The highest BCUT2D eigenvalue weighted by Gasteiger charge is 2.19. The van der Waals surface area contributed by atoms with Crippen LogP contribution < -0.4 is 0 Å². The summed E-state index contributed by atoms with van der Waals surface area (Å²) in [6, 6.07) is 17.5. The molecule has 4 rings (SSSR count). The molecular weight excluding hydrogens is 304 g/mol.